The zero-order valence-corrected chi connectivity index (χ0v) is 9.25. The Balaban J connectivity index is 2.57. The Morgan fingerprint density at radius 2 is 1.57 bits per heavy atom. The molecule has 1 aliphatic rings. The largest absolute Gasteiger partial charge is 0.352 e. The predicted octanol–water partition coefficient (Wildman–Crippen LogP) is 0.157. The van der Waals surface area contributed by atoms with E-state index in [1.807, 2.05) is 0 Å². The molecule has 2 atom stereocenters. The van der Waals surface area contributed by atoms with Crippen LogP contribution in [-0.2, 0) is 24.0 Å². The van der Waals surface area contributed by atoms with E-state index in [1.54, 1.807) is 13.8 Å². The monoisotopic (exact) mass is 224 g/mol. The van der Waals surface area contributed by atoms with E-state index < -0.39 is 22.4 Å². The van der Waals surface area contributed by atoms with Gasteiger partial charge in [-0.3, -0.25) is 0 Å². The van der Waals surface area contributed by atoms with Crippen LogP contribution in [-0.4, -0.2) is 45.7 Å². The summed E-state index contributed by atoms with van der Waals surface area (Å²) < 4.78 is 38.3. The third-order valence-electron chi connectivity index (χ3n) is 1.79. The standard InChI is InChI=1S/C8H16O5S/c1-3-11-7-5-14(9,10)6-8(13-7)12-4-2/h7-8H,3-6H2,1-2H3. The molecule has 1 saturated heterocycles. The third kappa shape index (κ3) is 3.53. The Morgan fingerprint density at radius 3 is 1.93 bits per heavy atom. The van der Waals surface area contributed by atoms with E-state index in [0.717, 1.165) is 0 Å². The van der Waals surface area contributed by atoms with Gasteiger partial charge in [0.2, 0.25) is 0 Å². The van der Waals surface area contributed by atoms with Crippen molar-refractivity contribution >= 4 is 9.84 Å². The molecule has 5 nitrogen and oxygen atoms in total. The number of sulfone groups is 1. The van der Waals surface area contributed by atoms with Crippen LogP contribution in [0.4, 0.5) is 0 Å². The lowest BCUT2D eigenvalue weighted by atomic mass is 10.6. The van der Waals surface area contributed by atoms with E-state index in [1.165, 1.54) is 0 Å². The molecule has 1 aliphatic heterocycles. The van der Waals surface area contributed by atoms with Crippen molar-refractivity contribution in [2.45, 2.75) is 26.4 Å². The average molecular weight is 224 g/mol. The summed E-state index contributed by atoms with van der Waals surface area (Å²) in [5.74, 6) is -0.158. The van der Waals surface area contributed by atoms with E-state index in [-0.39, 0.29) is 11.5 Å². The van der Waals surface area contributed by atoms with Gasteiger partial charge in [-0.1, -0.05) is 0 Å². The van der Waals surface area contributed by atoms with E-state index in [4.69, 9.17) is 14.2 Å². The first-order valence-corrected chi connectivity index (χ1v) is 6.48. The second-order valence-corrected chi connectivity index (χ2v) is 5.14. The number of rotatable bonds is 4. The van der Waals surface area contributed by atoms with Crippen LogP contribution in [0.25, 0.3) is 0 Å². The SMILES string of the molecule is CCOC1CS(=O)(=O)CC(OCC)O1. The van der Waals surface area contributed by atoms with E-state index >= 15 is 0 Å². The first-order chi connectivity index (χ1) is 6.57. The molecule has 0 bridgehead atoms. The summed E-state index contributed by atoms with van der Waals surface area (Å²) in [7, 11) is -3.10. The maximum absolute atomic E-state index is 11.4. The van der Waals surface area contributed by atoms with Crippen molar-refractivity contribution in [2.75, 3.05) is 24.7 Å². The highest BCUT2D eigenvalue weighted by molar-refractivity contribution is 7.91. The maximum Gasteiger partial charge on any atom is 0.174 e. The van der Waals surface area contributed by atoms with Crippen LogP contribution in [0.2, 0.25) is 0 Å². The molecule has 0 amide bonds. The maximum atomic E-state index is 11.4. The summed E-state index contributed by atoms with van der Waals surface area (Å²) in [6.07, 6.45) is -1.37. The molecule has 14 heavy (non-hydrogen) atoms. The van der Waals surface area contributed by atoms with Gasteiger partial charge < -0.3 is 14.2 Å². The Labute approximate surface area is 84.3 Å². The van der Waals surface area contributed by atoms with Gasteiger partial charge in [-0.15, -0.1) is 0 Å². The molecule has 0 aliphatic carbocycles. The van der Waals surface area contributed by atoms with Gasteiger partial charge in [-0.05, 0) is 13.8 Å². The first-order valence-electron chi connectivity index (χ1n) is 4.66. The van der Waals surface area contributed by atoms with Gasteiger partial charge in [-0.25, -0.2) is 8.42 Å². The molecule has 1 fully saturated rings. The number of hydrogen-bond acceptors (Lipinski definition) is 5. The molecule has 84 valence electrons. The summed E-state index contributed by atoms with van der Waals surface area (Å²) in [5.41, 5.74) is 0. The molecule has 1 rings (SSSR count). The Bertz CT molecular complexity index is 241. The highest BCUT2D eigenvalue weighted by Crippen LogP contribution is 2.15. The van der Waals surface area contributed by atoms with Crippen molar-refractivity contribution in [3.8, 4) is 0 Å². The molecular formula is C8H16O5S. The van der Waals surface area contributed by atoms with Gasteiger partial charge in [0.05, 0.1) is 0 Å². The van der Waals surface area contributed by atoms with Crippen molar-refractivity contribution < 1.29 is 22.6 Å². The third-order valence-corrected chi connectivity index (χ3v) is 3.35. The average Bonchev–Trinajstić information content (AvgIpc) is 2.01. The predicted molar refractivity (Wildman–Crippen MR) is 50.6 cm³/mol. The topological polar surface area (TPSA) is 61.8 Å². The molecule has 0 radical (unpaired) electrons. The van der Waals surface area contributed by atoms with Crippen LogP contribution in [0.15, 0.2) is 0 Å². The summed E-state index contributed by atoms with van der Waals surface area (Å²) in [6, 6.07) is 0. The van der Waals surface area contributed by atoms with Crippen molar-refractivity contribution in [2.24, 2.45) is 0 Å². The summed E-state index contributed by atoms with van der Waals surface area (Å²) in [6.45, 7) is 4.44. The molecule has 1 heterocycles. The molecule has 6 heteroatoms. The van der Waals surface area contributed by atoms with E-state index in [2.05, 4.69) is 0 Å². The second kappa shape index (κ2) is 5.06. The number of hydrogen-bond donors (Lipinski definition) is 0. The highest BCUT2D eigenvalue weighted by atomic mass is 32.2. The van der Waals surface area contributed by atoms with Crippen LogP contribution >= 0.6 is 0 Å². The zero-order chi connectivity index (χ0) is 10.6. The molecule has 0 spiro atoms. The fourth-order valence-electron chi connectivity index (χ4n) is 1.28. The normalized spacial score (nSPS) is 31.6. The van der Waals surface area contributed by atoms with Gasteiger partial charge in [0.25, 0.3) is 0 Å². The van der Waals surface area contributed by atoms with E-state index in [9.17, 15) is 8.42 Å². The Kier molecular flexibility index (Phi) is 4.31. The Hall–Kier alpha value is -0.170. The van der Waals surface area contributed by atoms with Gasteiger partial charge in [0, 0.05) is 13.2 Å². The number of ether oxygens (including phenoxy) is 3. The summed E-state index contributed by atoms with van der Waals surface area (Å²) in [5, 5.41) is 0. The van der Waals surface area contributed by atoms with Gasteiger partial charge in [0.1, 0.15) is 11.5 Å². The highest BCUT2D eigenvalue weighted by Gasteiger charge is 2.33. The first kappa shape index (κ1) is 11.9. The molecule has 0 aromatic carbocycles. The molecule has 0 N–H and O–H groups in total. The lowest BCUT2D eigenvalue weighted by Crippen LogP contribution is -2.43. The minimum atomic E-state index is -3.10. The molecule has 0 aromatic rings. The van der Waals surface area contributed by atoms with Crippen LogP contribution in [0.3, 0.4) is 0 Å². The smallest absolute Gasteiger partial charge is 0.174 e. The van der Waals surface area contributed by atoms with Crippen molar-refractivity contribution in [1.82, 2.24) is 0 Å². The van der Waals surface area contributed by atoms with Crippen molar-refractivity contribution in [3.05, 3.63) is 0 Å². The van der Waals surface area contributed by atoms with Gasteiger partial charge in [0.15, 0.2) is 22.4 Å². The lowest BCUT2D eigenvalue weighted by Gasteiger charge is -2.28. The fraction of sp³-hybridized carbons (Fsp3) is 1.00. The molecule has 2 unspecified atom stereocenters. The molecule has 0 saturated carbocycles. The van der Waals surface area contributed by atoms with Crippen LogP contribution in [0, 0.1) is 0 Å². The van der Waals surface area contributed by atoms with Crippen molar-refractivity contribution in [1.29, 1.82) is 0 Å². The van der Waals surface area contributed by atoms with E-state index in [0.29, 0.717) is 13.2 Å². The Morgan fingerprint density at radius 1 is 1.14 bits per heavy atom. The van der Waals surface area contributed by atoms with Crippen molar-refractivity contribution in [3.63, 3.8) is 0 Å². The summed E-state index contributed by atoms with van der Waals surface area (Å²) >= 11 is 0. The van der Waals surface area contributed by atoms with Crippen LogP contribution in [0.1, 0.15) is 13.8 Å². The van der Waals surface area contributed by atoms with Crippen LogP contribution in [0.5, 0.6) is 0 Å². The van der Waals surface area contributed by atoms with Gasteiger partial charge in [-0.2, -0.15) is 0 Å². The zero-order valence-electron chi connectivity index (χ0n) is 8.43. The minimum Gasteiger partial charge on any atom is -0.352 e. The lowest BCUT2D eigenvalue weighted by molar-refractivity contribution is -0.230. The van der Waals surface area contributed by atoms with Crippen LogP contribution < -0.4 is 0 Å². The molecular weight excluding hydrogens is 208 g/mol. The summed E-state index contributed by atoms with van der Waals surface area (Å²) in [4.78, 5) is 0. The quantitative estimate of drug-likeness (QED) is 0.680. The molecule has 0 aromatic heterocycles. The minimum absolute atomic E-state index is 0.0790. The fourth-order valence-corrected chi connectivity index (χ4v) is 2.59. The van der Waals surface area contributed by atoms with Gasteiger partial charge >= 0.3 is 0 Å². The second-order valence-electron chi connectivity index (χ2n) is 2.98.